The first-order chi connectivity index (χ1) is 12.2. The van der Waals surface area contributed by atoms with E-state index in [-0.39, 0.29) is 26.1 Å². The van der Waals surface area contributed by atoms with E-state index >= 15 is 0 Å². The standard InChI is InChI=1S/C17H35N2O6P.H2/c1-4-5-6-7-11-15(20)19-16(13(2)3)26(23,24)25-14(17(21)22)10-8-9-12-18;/h13-14,16H,4-12,18H2,1-3H3,(H,19,20)(H,21,22)(H,23,24);1H. The zero-order valence-corrected chi connectivity index (χ0v) is 17.0. The Hall–Kier alpha value is -0.950. The lowest BCUT2D eigenvalue weighted by Crippen LogP contribution is -2.40. The minimum absolute atomic E-state index is 0. The Morgan fingerprint density at radius 1 is 1.19 bits per heavy atom. The topological polar surface area (TPSA) is 139 Å². The number of hydrogen-bond donors (Lipinski definition) is 4. The Bertz CT molecular complexity index is 478. The highest BCUT2D eigenvalue weighted by Gasteiger charge is 2.40. The van der Waals surface area contributed by atoms with Crippen LogP contribution in [-0.2, 0) is 18.7 Å². The summed E-state index contributed by atoms with van der Waals surface area (Å²) in [6.45, 7) is 5.84. The van der Waals surface area contributed by atoms with Gasteiger partial charge in [-0.25, -0.2) is 4.79 Å². The van der Waals surface area contributed by atoms with Crippen molar-refractivity contribution in [2.24, 2.45) is 11.7 Å². The second kappa shape index (κ2) is 13.3. The molecule has 0 saturated carbocycles. The number of aliphatic carboxylic acids is 1. The maximum atomic E-state index is 12.6. The molecule has 8 nitrogen and oxygen atoms in total. The first-order valence-corrected chi connectivity index (χ1v) is 11.0. The number of hydrogen-bond acceptors (Lipinski definition) is 5. The quantitative estimate of drug-likeness (QED) is 0.246. The van der Waals surface area contributed by atoms with Crippen LogP contribution in [0.2, 0.25) is 0 Å². The van der Waals surface area contributed by atoms with E-state index in [1.54, 1.807) is 13.8 Å². The first kappa shape index (κ1) is 25.1. The maximum Gasteiger partial charge on any atom is 0.351 e. The summed E-state index contributed by atoms with van der Waals surface area (Å²) in [4.78, 5) is 33.7. The molecule has 1 amide bonds. The number of carboxylic acids is 1. The highest BCUT2D eigenvalue weighted by molar-refractivity contribution is 7.53. The van der Waals surface area contributed by atoms with Gasteiger partial charge in [-0.1, -0.05) is 40.0 Å². The molecule has 0 aromatic heterocycles. The molecule has 0 aromatic rings. The van der Waals surface area contributed by atoms with Crippen LogP contribution in [0.3, 0.4) is 0 Å². The lowest BCUT2D eigenvalue weighted by atomic mass is 10.1. The third kappa shape index (κ3) is 10.3. The van der Waals surface area contributed by atoms with Crippen molar-refractivity contribution in [1.29, 1.82) is 0 Å². The summed E-state index contributed by atoms with van der Waals surface area (Å²) < 4.78 is 17.7. The third-order valence-corrected chi connectivity index (χ3v) is 6.01. The van der Waals surface area contributed by atoms with Crippen molar-refractivity contribution in [2.45, 2.75) is 84.0 Å². The first-order valence-electron chi connectivity index (χ1n) is 9.38. The molecule has 0 aromatic carbocycles. The fraction of sp³-hybridized carbons (Fsp3) is 0.882. The van der Waals surface area contributed by atoms with Crippen molar-refractivity contribution in [2.75, 3.05) is 6.54 Å². The highest BCUT2D eigenvalue weighted by Crippen LogP contribution is 2.50. The van der Waals surface area contributed by atoms with Gasteiger partial charge in [-0.15, -0.1) is 0 Å². The SMILES string of the molecule is CCCCCCC(=O)NC(C(C)C)P(=O)(O)OC(CCCCN)C(=O)O.[HH]. The molecular weight excluding hydrogens is 359 g/mol. The molecule has 0 fully saturated rings. The fourth-order valence-corrected chi connectivity index (χ4v) is 4.27. The summed E-state index contributed by atoms with van der Waals surface area (Å²) in [7, 11) is -4.36. The van der Waals surface area contributed by atoms with Crippen molar-refractivity contribution < 1.29 is 30.1 Å². The molecular formula is C17H37N2O6P. The molecule has 0 radical (unpaired) electrons. The van der Waals surface area contributed by atoms with Gasteiger partial charge in [0.15, 0.2) is 6.10 Å². The van der Waals surface area contributed by atoms with Gasteiger partial charge in [0.2, 0.25) is 5.91 Å². The Morgan fingerprint density at radius 3 is 2.35 bits per heavy atom. The summed E-state index contributed by atoms with van der Waals surface area (Å²) in [5, 5.41) is 11.8. The number of carbonyl (C=O) groups excluding carboxylic acids is 1. The number of unbranched alkanes of at least 4 members (excludes halogenated alkanes) is 4. The maximum absolute atomic E-state index is 12.6. The molecule has 0 saturated heterocycles. The second-order valence-corrected chi connectivity index (χ2v) is 8.74. The molecule has 0 aliphatic heterocycles. The molecule has 0 spiro atoms. The summed E-state index contributed by atoms with van der Waals surface area (Å²) in [6.07, 6.45) is 3.75. The van der Waals surface area contributed by atoms with Crippen LogP contribution >= 0.6 is 7.60 Å². The molecule has 9 heteroatoms. The molecule has 5 N–H and O–H groups in total. The number of nitrogens with two attached hydrogens (primary N) is 1. The number of amides is 1. The Labute approximate surface area is 157 Å². The summed E-state index contributed by atoms with van der Waals surface area (Å²) in [5.74, 6) is -3.15. The summed E-state index contributed by atoms with van der Waals surface area (Å²) in [6, 6.07) is 0. The van der Waals surface area contributed by atoms with Crippen molar-refractivity contribution in [1.82, 2.24) is 5.32 Å². The van der Waals surface area contributed by atoms with E-state index in [9.17, 15) is 24.2 Å². The molecule has 26 heavy (non-hydrogen) atoms. The van der Waals surface area contributed by atoms with Crippen LogP contribution in [0.25, 0.3) is 0 Å². The van der Waals surface area contributed by atoms with Gasteiger partial charge in [0.1, 0.15) is 5.78 Å². The minimum atomic E-state index is -4.36. The normalized spacial score (nSPS) is 16.1. The molecule has 0 rings (SSSR count). The summed E-state index contributed by atoms with van der Waals surface area (Å²) in [5.41, 5.74) is 5.38. The van der Waals surface area contributed by atoms with E-state index in [1.807, 2.05) is 0 Å². The van der Waals surface area contributed by atoms with Crippen LogP contribution in [0.5, 0.6) is 0 Å². The van der Waals surface area contributed by atoms with Gasteiger partial charge in [0.05, 0.1) is 0 Å². The average molecular weight is 396 g/mol. The number of rotatable bonds is 15. The van der Waals surface area contributed by atoms with E-state index in [2.05, 4.69) is 12.2 Å². The predicted octanol–water partition coefficient (Wildman–Crippen LogP) is 3.09. The van der Waals surface area contributed by atoms with Gasteiger partial charge in [-0.2, -0.15) is 0 Å². The van der Waals surface area contributed by atoms with Gasteiger partial charge >= 0.3 is 13.6 Å². The van der Waals surface area contributed by atoms with Crippen molar-refractivity contribution in [3.8, 4) is 0 Å². The van der Waals surface area contributed by atoms with Gasteiger partial charge in [-0.05, 0) is 38.1 Å². The largest absolute Gasteiger partial charge is 0.479 e. The van der Waals surface area contributed by atoms with E-state index in [1.165, 1.54) is 0 Å². The molecule has 0 aliphatic carbocycles. The third-order valence-electron chi connectivity index (χ3n) is 4.02. The lowest BCUT2D eigenvalue weighted by Gasteiger charge is -2.28. The van der Waals surface area contributed by atoms with Crippen LogP contribution in [0, 0.1) is 5.92 Å². The zero-order chi connectivity index (χ0) is 20.2. The zero-order valence-electron chi connectivity index (χ0n) is 16.1. The van der Waals surface area contributed by atoms with Gasteiger partial charge in [0, 0.05) is 7.85 Å². The van der Waals surface area contributed by atoms with Gasteiger partial charge in [0.25, 0.3) is 0 Å². The fourth-order valence-electron chi connectivity index (χ4n) is 2.52. The van der Waals surface area contributed by atoms with Crippen LogP contribution < -0.4 is 11.1 Å². The molecule has 0 bridgehead atoms. The van der Waals surface area contributed by atoms with Gasteiger partial charge < -0.3 is 21.1 Å². The predicted molar refractivity (Wildman–Crippen MR) is 103 cm³/mol. The summed E-state index contributed by atoms with van der Waals surface area (Å²) >= 11 is 0. The van der Waals surface area contributed by atoms with Crippen LogP contribution in [0.1, 0.15) is 73.6 Å². The number of carbonyl (C=O) groups is 2. The smallest absolute Gasteiger partial charge is 0.351 e. The molecule has 0 aliphatic rings. The van der Waals surface area contributed by atoms with Crippen molar-refractivity contribution in [3.63, 3.8) is 0 Å². The van der Waals surface area contributed by atoms with Crippen LogP contribution in [0.15, 0.2) is 0 Å². The Kier molecular flexibility index (Phi) is 12.8. The molecule has 156 valence electrons. The number of nitrogens with one attached hydrogen (secondary N) is 1. The average Bonchev–Trinajstić information content (AvgIpc) is 2.55. The monoisotopic (exact) mass is 396 g/mol. The van der Waals surface area contributed by atoms with E-state index < -0.39 is 25.5 Å². The van der Waals surface area contributed by atoms with E-state index in [0.29, 0.717) is 25.8 Å². The van der Waals surface area contributed by atoms with Crippen LogP contribution in [-0.4, -0.2) is 40.3 Å². The highest BCUT2D eigenvalue weighted by atomic mass is 31.2. The van der Waals surface area contributed by atoms with Gasteiger partial charge in [-0.3, -0.25) is 13.9 Å². The van der Waals surface area contributed by atoms with E-state index in [0.717, 1.165) is 19.3 Å². The molecule has 3 atom stereocenters. The van der Waals surface area contributed by atoms with E-state index in [4.69, 9.17) is 10.3 Å². The second-order valence-electron chi connectivity index (χ2n) is 6.85. The number of carboxylic acid groups (broad SMARTS) is 1. The Balaban J connectivity index is 0. The molecule has 3 unspecified atom stereocenters. The Morgan fingerprint density at radius 2 is 1.85 bits per heavy atom. The minimum Gasteiger partial charge on any atom is -0.479 e. The van der Waals surface area contributed by atoms with Crippen molar-refractivity contribution >= 4 is 19.5 Å². The van der Waals surface area contributed by atoms with Crippen molar-refractivity contribution in [3.05, 3.63) is 0 Å². The lowest BCUT2D eigenvalue weighted by molar-refractivity contribution is -0.145. The molecule has 0 heterocycles. The van der Waals surface area contributed by atoms with Crippen LogP contribution in [0.4, 0.5) is 0 Å².